The molecule has 0 saturated carbocycles. The van der Waals surface area contributed by atoms with Crippen LogP contribution in [-0.4, -0.2) is 19.2 Å². The number of benzene rings is 1. The first-order valence-corrected chi connectivity index (χ1v) is 7.70. The molecule has 2 nitrogen and oxygen atoms in total. The molecule has 1 aliphatic rings. The molecule has 2 rings (SSSR count). The van der Waals surface area contributed by atoms with Crippen LogP contribution in [-0.2, 0) is 12.8 Å². The molecule has 0 radical (unpaired) electrons. The van der Waals surface area contributed by atoms with Crippen LogP contribution in [0.5, 0.6) is 5.75 Å². The van der Waals surface area contributed by atoms with Gasteiger partial charge in [-0.2, -0.15) is 0 Å². The largest absolute Gasteiger partial charge is 0.489 e. The zero-order valence-corrected chi connectivity index (χ0v) is 12.5. The van der Waals surface area contributed by atoms with Crippen LogP contribution in [0.3, 0.4) is 0 Å². The van der Waals surface area contributed by atoms with Crippen molar-refractivity contribution in [3.8, 4) is 5.75 Å². The first-order valence-electron chi connectivity index (χ1n) is 7.70. The normalized spacial score (nSPS) is 16.2. The van der Waals surface area contributed by atoms with Gasteiger partial charge in [0.25, 0.3) is 0 Å². The lowest BCUT2D eigenvalue weighted by atomic mass is 9.92. The average molecular weight is 261 g/mol. The quantitative estimate of drug-likeness (QED) is 0.845. The summed E-state index contributed by atoms with van der Waals surface area (Å²) in [7, 11) is 0. The second-order valence-corrected chi connectivity index (χ2v) is 5.85. The number of rotatable bonds is 6. The molecule has 106 valence electrons. The van der Waals surface area contributed by atoms with Gasteiger partial charge in [0.15, 0.2) is 0 Å². The minimum absolute atomic E-state index is 0.251. The van der Waals surface area contributed by atoms with Gasteiger partial charge in [-0.3, -0.25) is 0 Å². The van der Waals surface area contributed by atoms with E-state index in [2.05, 4.69) is 44.3 Å². The molecule has 1 aromatic carbocycles. The maximum absolute atomic E-state index is 6.18. The molecule has 0 bridgehead atoms. The fraction of sp³-hybridized carbons (Fsp3) is 0.647. The molecule has 1 aliphatic carbocycles. The molecule has 1 aromatic rings. The van der Waals surface area contributed by atoms with Crippen LogP contribution < -0.4 is 10.1 Å². The summed E-state index contributed by atoms with van der Waals surface area (Å²) in [6.45, 7) is 8.50. The zero-order valence-electron chi connectivity index (χ0n) is 12.5. The predicted molar refractivity (Wildman–Crippen MR) is 80.9 cm³/mol. The van der Waals surface area contributed by atoms with Crippen molar-refractivity contribution < 1.29 is 4.74 Å². The van der Waals surface area contributed by atoms with Crippen molar-refractivity contribution in [3.05, 3.63) is 29.3 Å². The van der Waals surface area contributed by atoms with E-state index in [0.29, 0.717) is 5.92 Å². The summed E-state index contributed by atoms with van der Waals surface area (Å²) in [6, 6.07) is 6.66. The smallest absolute Gasteiger partial charge is 0.120 e. The van der Waals surface area contributed by atoms with E-state index in [4.69, 9.17) is 4.74 Å². The average Bonchev–Trinajstić information content (AvgIpc) is 2.43. The number of nitrogens with one attached hydrogen (secondary N) is 1. The van der Waals surface area contributed by atoms with Gasteiger partial charge in [0.2, 0.25) is 0 Å². The van der Waals surface area contributed by atoms with Crippen LogP contribution >= 0.6 is 0 Å². The first kappa shape index (κ1) is 14.4. The summed E-state index contributed by atoms with van der Waals surface area (Å²) in [5.41, 5.74) is 3.01. The molecule has 1 unspecified atom stereocenters. The molecule has 0 heterocycles. The Kier molecular flexibility index (Phi) is 5.26. The van der Waals surface area contributed by atoms with Crippen LogP contribution in [0.15, 0.2) is 18.2 Å². The minimum Gasteiger partial charge on any atom is -0.489 e. The molecule has 0 amide bonds. The van der Waals surface area contributed by atoms with Crippen molar-refractivity contribution >= 4 is 0 Å². The van der Waals surface area contributed by atoms with E-state index in [0.717, 1.165) is 18.8 Å². The van der Waals surface area contributed by atoms with E-state index in [1.807, 2.05) is 0 Å². The maximum atomic E-state index is 6.18. The lowest BCUT2D eigenvalue weighted by Crippen LogP contribution is -2.35. The van der Waals surface area contributed by atoms with E-state index >= 15 is 0 Å². The van der Waals surface area contributed by atoms with Gasteiger partial charge in [-0.25, -0.2) is 0 Å². The molecule has 19 heavy (non-hydrogen) atoms. The van der Waals surface area contributed by atoms with Crippen LogP contribution in [0.2, 0.25) is 0 Å². The Bertz CT molecular complexity index is 400. The summed E-state index contributed by atoms with van der Waals surface area (Å²) in [4.78, 5) is 0. The van der Waals surface area contributed by atoms with Gasteiger partial charge in [0.1, 0.15) is 11.9 Å². The van der Waals surface area contributed by atoms with Gasteiger partial charge in [0.05, 0.1) is 0 Å². The Morgan fingerprint density at radius 2 is 1.89 bits per heavy atom. The SMILES string of the molecule is CCNCC(Oc1ccc2c(c1)CCCC2)C(C)C. The fourth-order valence-corrected chi connectivity index (χ4v) is 2.66. The van der Waals surface area contributed by atoms with Crippen LogP contribution in [0.1, 0.15) is 44.7 Å². The van der Waals surface area contributed by atoms with E-state index in [9.17, 15) is 0 Å². The summed E-state index contributed by atoms with van der Waals surface area (Å²) in [5, 5.41) is 3.39. The Morgan fingerprint density at radius 3 is 2.58 bits per heavy atom. The standard InChI is InChI=1S/C17H27NO/c1-4-18-12-17(13(2)3)19-16-10-9-14-7-5-6-8-15(14)11-16/h9-11,13,17-18H,4-8,12H2,1-3H3. The minimum atomic E-state index is 0.251. The molecule has 1 atom stereocenters. The van der Waals surface area contributed by atoms with Gasteiger partial charge in [-0.1, -0.05) is 26.8 Å². The second kappa shape index (κ2) is 6.95. The van der Waals surface area contributed by atoms with Gasteiger partial charge in [-0.15, -0.1) is 0 Å². The summed E-state index contributed by atoms with van der Waals surface area (Å²) in [5.74, 6) is 1.56. The van der Waals surface area contributed by atoms with E-state index in [1.54, 1.807) is 0 Å². The first-order chi connectivity index (χ1) is 9.20. The van der Waals surface area contributed by atoms with Crippen molar-refractivity contribution in [2.24, 2.45) is 5.92 Å². The van der Waals surface area contributed by atoms with Crippen molar-refractivity contribution in [1.82, 2.24) is 5.32 Å². The number of hydrogen-bond acceptors (Lipinski definition) is 2. The predicted octanol–water partition coefficient (Wildman–Crippen LogP) is 3.58. The maximum Gasteiger partial charge on any atom is 0.120 e. The topological polar surface area (TPSA) is 21.3 Å². The highest BCUT2D eigenvalue weighted by Gasteiger charge is 2.16. The molecule has 0 fully saturated rings. The molecular formula is C17H27NO. The number of aryl methyl sites for hydroxylation is 2. The van der Waals surface area contributed by atoms with Crippen molar-refractivity contribution in [2.75, 3.05) is 13.1 Å². The summed E-state index contributed by atoms with van der Waals surface area (Å²) in [6.07, 6.45) is 5.36. The molecule has 0 aliphatic heterocycles. The monoisotopic (exact) mass is 261 g/mol. The highest BCUT2D eigenvalue weighted by molar-refractivity contribution is 5.37. The van der Waals surface area contributed by atoms with Gasteiger partial charge in [-0.05, 0) is 61.4 Å². The Morgan fingerprint density at radius 1 is 1.16 bits per heavy atom. The third kappa shape index (κ3) is 3.97. The Labute approximate surface area is 117 Å². The fourth-order valence-electron chi connectivity index (χ4n) is 2.66. The van der Waals surface area contributed by atoms with Crippen LogP contribution in [0.25, 0.3) is 0 Å². The van der Waals surface area contributed by atoms with Gasteiger partial charge in [0, 0.05) is 6.54 Å². The summed E-state index contributed by atoms with van der Waals surface area (Å²) >= 11 is 0. The van der Waals surface area contributed by atoms with Crippen molar-refractivity contribution in [3.63, 3.8) is 0 Å². The number of ether oxygens (including phenoxy) is 1. The highest BCUT2D eigenvalue weighted by atomic mass is 16.5. The molecule has 0 aromatic heterocycles. The molecule has 2 heteroatoms. The van der Waals surface area contributed by atoms with Crippen molar-refractivity contribution in [2.45, 2.75) is 52.6 Å². The molecular weight excluding hydrogens is 234 g/mol. The zero-order chi connectivity index (χ0) is 13.7. The van der Waals surface area contributed by atoms with E-state index < -0.39 is 0 Å². The second-order valence-electron chi connectivity index (χ2n) is 5.85. The van der Waals surface area contributed by atoms with Crippen LogP contribution in [0.4, 0.5) is 0 Å². The third-order valence-corrected chi connectivity index (χ3v) is 3.95. The highest BCUT2D eigenvalue weighted by Crippen LogP contribution is 2.26. The lowest BCUT2D eigenvalue weighted by Gasteiger charge is -2.24. The van der Waals surface area contributed by atoms with Gasteiger partial charge < -0.3 is 10.1 Å². The van der Waals surface area contributed by atoms with E-state index in [1.165, 1.54) is 36.8 Å². The Hall–Kier alpha value is -1.02. The number of likely N-dealkylation sites (N-methyl/N-ethyl adjacent to an activating group) is 1. The van der Waals surface area contributed by atoms with E-state index in [-0.39, 0.29) is 6.10 Å². The molecule has 1 N–H and O–H groups in total. The lowest BCUT2D eigenvalue weighted by molar-refractivity contribution is 0.149. The molecule has 0 spiro atoms. The van der Waals surface area contributed by atoms with Crippen molar-refractivity contribution in [1.29, 1.82) is 0 Å². The van der Waals surface area contributed by atoms with Gasteiger partial charge >= 0.3 is 0 Å². The molecule has 0 saturated heterocycles. The summed E-state index contributed by atoms with van der Waals surface area (Å²) < 4.78 is 6.18. The Balaban J connectivity index is 2.04. The third-order valence-electron chi connectivity index (χ3n) is 3.95. The van der Waals surface area contributed by atoms with Crippen LogP contribution in [0, 0.1) is 5.92 Å². The number of fused-ring (bicyclic) bond motifs is 1. The number of hydrogen-bond donors (Lipinski definition) is 1.